The Morgan fingerprint density at radius 1 is 1.12 bits per heavy atom. The van der Waals surface area contributed by atoms with E-state index in [9.17, 15) is 0 Å². The zero-order chi connectivity index (χ0) is 16.6. The Morgan fingerprint density at radius 3 is 2.67 bits per heavy atom. The number of methoxy groups -OCH3 is 1. The van der Waals surface area contributed by atoms with Crippen LogP contribution in [0, 0.1) is 6.92 Å². The number of hydrogen-bond acceptors (Lipinski definition) is 5. The monoisotopic (exact) mass is 325 g/mol. The minimum absolute atomic E-state index is 0.158. The van der Waals surface area contributed by atoms with Crippen LogP contribution in [0.5, 0.6) is 5.75 Å². The molecule has 0 aliphatic carbocycles. The zero-order valence-electron chi connectivity index (χ0n) is 14.3. The summed E-state index contributed by atoms with van der Waals surface area (Å²) in [6.45, 7) is 4.61. The Labute approximate surface area is 142 Å². The maximum Gasteiger partial charge on any atom is 0.151 e. The van der Waals surface area contributed by atoms with Gasteiger partial charge in [-0.1, -0.05) is 6.07 Å². The summed E-state index contributed by atoms with van der Waals surface area (Å²) in [5.41, 5.74) is 3.49. The van der Waals surface area contributed by atoms with Gasteiger partial charge in [-0.05, 0) is 61.6 Å². The fourth-order valence-electron chi connectivity index (χ4n) is 3.85. The largest absolute Gasteiger partial charge is 0.497 e. The first-order valence-corrected chi connectivity index (χ1v) is 8.57. The van der Waals surface area contributed by atoms with E-state index in [1.54, 1.807) is 7.11 Å². The van der Waals surface area contributed by atoms with E-state index in [0.717, 1.165) is 56.2 Å². The molecule has 3 heterocycles. The van der Waals surface area contributed by atoms with Crippen molar-refractivity contribution in [2.45, 2.75) is 31.8 Å². The molecule has 5 nitrogen and oxygen atoms in total. The molecule has 0 atom stereocenters. The molecule has 2 aliphatic rings. The highest BCUT2D eigenvalue weighted by Gasteiger charge is 2.41. The molecule has 0 bridgehead atoms. The van der Waals surface area contributed by atoms with Gasteiger partial charge in [0.05, 0.1) is 25.0 Å². The molecule has 0 unspecified atom stereocenters. The van der Waals surface area contributed by atoms with Crippen LogP contribution in [0.1, 0.15) is 29.7 Å². The minimum Gasteiger partial charge on any atom is -0.497 e. The number of piperidine rings is 1. The van der Waals surface area contributed by atoms with E-state index in [4.69, 9.17) is 9.47 Å². The SMILES string of the molecule is COc1ccc2c(c1)CCOC21CCN(c2ccc(C)nn2)CC1. The van der Waals surface area contributed by atoms with Gasteiger partial charge < -0.3 is 14.4 Å². The Kier molecular flexibility index (Phi) is 3.88. The minimum atomic E-state index is -0.158. The van der Waals surface area contributed by atoms with Crippen molar-refractivity contribution >= 4 is 5.82 Å². The van der Waals surface area contributed by atoms with Crippen LogP contribution in [0.3, 0.4) is 0 Å². The molecule has 0 amide bonds. The first kappa shape index (κ1) is 15.4. The molecule has 1 saturated heterocycles. The van der Waals surface area contributed by atoms with Crippen LogP contribution in [0.2, 0.25) is 0 Å². The summed E-state index contributed by atoms with van der Waals surface area (Å²) >= 11 is 0. The number of benzene rings is 1. The average molecular weight is 325 g/mol. The van der Waals surface area contributed by atoms with E-state index in [1.165, 1.54) is 11.1 Å². The molecule has 1 aromatic heterocycles. The van der Waals surface area contributed by atoms with E-state index in [2.05, 4.69) is 33.3 Å². The Morgan fingerprint density at radius 2 is 1.96 bits per heavy atom. The van der Waals surface area contributed by atoms with Gasteiger partial charge >= 0.3 is 0 Å². The van der Waals surface area contributed by atoms with Crippen molar-refractivity contribution < 1.29 is 9.47 Å². The van der Waals surface area contributed by atoms with Crippen molar-refractivity contribution in [3.63, 3.8) is 0 Å². The number of fused-ring (bicyclic) bond motifs is 2. The van der Waals surface area contributed by atoms with E-state index >= 15 is 0 Å². The number of anilines is 1. The molecule has 1 spiro atoms. The Hall–Kier alpha value is -2.14. The van der Waals surface area contributed by atoms with Crippen LogP contribution >= 0.6 is 0 Å². The fraction of sp³-hybridized carbons (Fsp3) is 0.474. The molecule has 0 radical (unpaired) electrons. The summed E-state index contributed by atoms with van der Waals surface area (Å²) < 4.78 is 11.7. The van der Waals surface area contributed by atoms with Crippen LogP contribution in [-0.2, 0) is 16.8 Å². The van der Waals surface area contributed by atoms with Gasteiger partial charge in [-0.2, -0.15) is 5.10 Å². The summed E-state index contributed by atoms with van der Waals surface area (Å²) in [7, 11) is 1.72. The van der Waals surface area contributed by atoms with Gasteiger partial charge in [-0.15, -0.1) is 5.10 Å². The number of aryl methyl sites for hydroxylation is 1. The lowest BCUT2D eigenvalue weighted by molar-refractivity contribution is -0.0767. The predicted octanol–water partition coefficient (Wildman–Crippen LogP) is 2.86. The maximum atomic E-state index is 6.31. The zero-order valence-corrected chi connectivity index (χ0v) is 14.3. The van der Waals surface area contributed by atoms with Gasteiger partial charge in [0, 0.05) is 13.1 Å². The number of hydrogen-bond donors (Lipinski definition) is 0. The summed E-state index contributed by atoms with van der Waals surface area (Å²) in [6, 6.07) is 10.5. The molecule has 5 heteroatoms. The van der Waals surface area contributed by atoms with Crippen LogP contribution in [0.15, 0.2) is 30.3 Å². The topological polar surface area (TPSA) is 47.5 Å². The van der Waals surface area contributed by atoms with E-state index in [0.29, 0.717) is 0 Å². The van der Waals surface area contributed by atoms with Crippen LogP contribution < -0.4 is 9.64 Å². The lowest BCUT2D eigenvalue weighted by Crippen LogP contribution is -2.47. The molecular weight excluding hydrogens is 302 g/mol. The molecule has 0 saturated carbocycles. The average Bonchev–Trinajstić information content (AvgIpc) is 2.63. The van der Waals surface area contributed by atoms with Gasteiger partial charge in [0.25, 0.3) is 0 Å². The molecule has 1 fully saturated rings. The number of rotatable bonds is 2. The molecule has 126 valence electrons. The standard InChI is InChI=1S/C19H23N3O2/c1-14-3-6-18(21-20-14)22-10-8-19(9-11-22)17-5-4-16(23-2)13-15(17)7-12-24-19/h3-6,13H,7-12H2,1-2H3. The lowest BCUT2D eigenvalue weighted by atomic mass is 9.79. The normalized spacial score (nSPS) is 19.2. The molecule has 24 heavy (non-hydrogen) atoms. The second-order valence-corrected chi connectivity index (χ2v) is 6.64. The third kappa shape index (κ3) is 2.63. The predicted molar refractivity (Wildman–Crippen MR) is 92.5 cm³/mol. The van der Waals surface area contributed by atoms with Crippen LogP contribution in [-0.4, -0.2) is 37.0 Å². The van der Waals surface area contributed by atoms with Crippen molar-refractivity contribution in [2.24, 2.45) is 0 Å². The van der Waals surface area contributed by atoms with Gasteiger partial charge in [-0.3, -0.25) is 0 Å². The highest BCUT2D eigenvalue weighted by molar-refractivity contribution is 5.43. The fourth-order valence-corrected chi connectivity index (χ4v) is 3.85. The highest BCUT2D eigenvalue weighted by Crippen LogP contribution is 2.42. The molecule has 4 rings (SSSR count). The molecular formula is C19H23N3O2. The number of ether oxygens (including phenoxy) is 2. The summed E-state index contributed by atoms with van der Waals surface area (Å²) in [5.74, 6) is 1.89. The van der Waals surface area contributed by atoms with Gasteiger partial charge in [0.2, 0.25) is 0 Å². The third-order valence-electron chi connectivity index (χ3n) is 5.23. The number of nitrogens with zero attached hydrogens (tertiary/aromatic N) is 3. The van der Waals surface area contributed by atoms with Gasteiger partial charge in [-0.25, -0.2) is 0 Å². The van der Waals surface area contributed by atoms with Gasteiger partial charge in [0.1, 0.15) is 5.75 Å². The van der Waals surface area contributed by atoms with Crippen LogP contribution in [0.4, 0.5) is 5.82 Å². The second kappa shape index (κ2) is 6.06. The molecule has 2 aromatic rings. The van der Waals surface area contributed by atoms with E-state index in [-0.39, 0.29) is 5.60 Å². The Bertz CT molecular complexity index is 722. The molecule has 2 aliphatic heterocycles. The summed E-state index contributed by atoms with van der Waals surface area (Å²) in [6.07, 6.45) is 2.91. The first-order valence-electron chi connectivity index (χ1n) is 8.57. The first-order chi connectivity index (χ1) is 11.7. The maximum absolute atomic E-state index is 6.31. The summed E-state index contributed by atoms with van der Waals surface area (Å²) in [5, 5.41) is 8.50. The van der Waals surface area contributed by atoms with Crippen LogP contribution in [0.25, 0.3) is 0 Å². The van der Waals surface area contributed by atoms with Crippen molar-refractivity contribution in [2.75, 3.05) is 31.7 Å². The Balaban J connectivity index is 1.56. The van der Waals surface area contributed by atoms with Crippen molar-refractivity contribution in [1.82, 2.24) is 10.2 Å². The van der Waals surface area contributed by atoms with E-state index < -0.39 is 0 Å². The third-order valence-corrected chi connectivity index (χ3v) is 5.23. The van der Waals surface area contributed by atoms with Crippen molar-refractivity contribution in [3.8, 4) is 5.75 Å². The smallest absolute Gasteiger partial charge is 0.151 e. The van der Waals surface area contributed by atoms with Crippen molar-refractivity contribution in [1.29, 1.82) is 0 Å². The lowest BCUT2D eigenvalue weighted by Gasteiger charge is -2.45. The molecule has 0 N–H and O–H groups in total. The molecule has 1 aromatic carbocycles. The second-order valence-electron chi connectivity index (χ2n) is 6.64. The van der Waals surface area contributed by atoms with Gasteiger partial charge in [0.15, 0.2) is 5.82 Å². The quantitative estimate of drug-likeness (QED) is 0.850. The highest BCUT2D eigenvalue weighted by atomic mass is 16.5. The van der Waals surface area contributed by atoms with E-state index in [1.807, 2.05) is 19.1 Å². The number of aromatic nitrogens is 2. The van der Waals surface area contributed by atoms with Crippen molar-refractivity contribution in [3.05, 3.63) is 47.2 Å². The summed E-state index contributed by atoms with van der Waals surface area (Å²) in [4.78, 5) is 2.30.